The number of aromatic nitrogens is 2. The van der Waals surface area contributed by atoms with E-state index in [1.807, 2.05) is 0 Å². The van der Waals surface area contributed by atoms with E-state index in [0.29, 0.717) is 6.04 Å². The molecule has 2 rings (SSSR count). The Morgan fingerprint density at radius 2 is 1.95 bits per heavy atom. The highest BCUT2D eigenvalue weighted by Gasteiger charge is 2.15. The third-order valence-electron chi connectivity index (χ3n) is 4.19. The van der Waals surface area contributed by atoms with Gasteiger partial charge in [-0.05, 0) is 25.9 Å². The fourth-order valence-electron chi connectivity index (χ4n) is 2.86. The number of rotatable bonds is 7. The van der Waals surface area contributed by atoms with Gasteiger partial charge in [0.1, 0.15) is 5.82 Å². The Labute approximate surface area is 124 Å². The molecular weight excluding hydrogens is 248 g/mol. The highest BCUT2D eigenvalue weighted by molar-refractivity contribution is 5.32. The number of nitrogens with one attached hydrogen (secondary N) is 1. The largest absolute Gasteiger partial charge is 0.367 e. The van der Waals surface area contributed by atoms with E-state index in [2.05, 4.69) is 46.1 Å². The molecule has 0 saturated heterocycles. The molecule has 4 nitrogen and oxygen atoms in total. The topological polar surface area (TPSA) is 33.1 Å². The zero-order valence-corrected chi connectivity index (χ0v) is 12.4. The highest BCUT2D eigenvalue weighted by Crippen LogP contribution is 2.27. The summed E-state index contributed by atoms with van der Waals surface area (Å²) in [5.41, 5.74) is 0. The third-order valence-corrected chi connectivity index (χ3v) is 4.19. The van der Waals surface area contributed by atoms with Crippen LogP contribution in [0.4, 0.5) is 5.82 Å². The van der Waals surface area contributed by atoms with E-state index in [1.54, 1.807) is 0 Å². The van der Waals surface area contributed by atoms with Crippen molar-refractivity contribution in [3.8, 4) is 0 Å². The SMILES string of the molecule is C.CCN(CC)CCNc1ccn(C2CCCCC2)n1. The van der Waals surface area contributed by atoms with Crippen LogP contribution in [0.3, 0.4) is 0 Å². The van der Waals surface area contributed by atoms with E-state index in [1.165, 1.54) is 32.1 Å². The molecule has 0 bridgehead atoms. The molecule has 20 heavy (non-hydrogen) atoms. The van der Waals surface area contributed by atoms with Crippen LogP contribution in [0.25, 0.3) is 0 Å². The number of anilines is 1. The smallest absolute Gasteiger partial charge is 0.148 e. The number of nitrogens with zero attached hydrogens (tertiary/aromatic N) is 3. The standard InChI is InChI=1S/C15H28N4.CH4/c1-3-18(4-2)13-11-16-15-10-12-19(17-15)14-8-6-5-7-9-14;/h10,12,14H,3-9,11,13H2,1-2H3,(H,16,17);1H4. The van der Waals surface area contributed by atoms with Crippen molar-refractivity contribution in [1.82, 2.24) is 14.7 Å². The first-order valence-electron chi connectivity index (χ1n) is 7.84. The van der Waals surface area contributed by atoms with Crippen molar-refractivity contribution in [2.24, 2.45) is 0 Å². The van der Waals surface area contributed by atoms with Gasteiger partial charge < -0.3 is 10.2 Å². The van der Waals surface area contributed by atoms with Gasteiger partial charge in [0.15, 0.2) is 0 Å². The summed E-state index contributed by atoms with van der Waals surface area (Å²) in [5, 5.41) is 8.10. The van der Waals surface area contributed by atoms with Gasteiger partial charge in [-0.15, -0.1) is 0 Å². The molecule has 0 aliphatic heterocycles. The van der Waals surface area contributed by atoms with E-state index in [-0.39, 0.29) is 7.43 Å². The summed E-state index contributed by atoms with van der Waals surface area (Å²) in [7, 11) is 0. The zero-order chi connectivity index (χ0) is 13.5. The van der Waals surface area contributed by atoms with Crippen molar-refractivity contribution in [3.63, 3.8) is 0 Å². The monoisotopic (exact) mass is 280 g/mol. The maximum atomic E-state index is 4.67. The van der Waals surface area contributed by atoms with Gasteiger partial charge in [0.05, 0.1) is 6.04 Å². The minimum atomic E-state index is 0. The highest BCUT2D eigenvalue weighted by atomic mass is 15.3. The molecule has 0 spiro atoms. The van der Waals surface area contributed by atoms with Gasteiger partial charge in [0.25, 0.3) is 0 Å². The van der Waals surface area contributed by atoms with Gasteiger partial charge in [-0.2, -0.15) is 5.10 Å². The molecule has 1 aromatic heterocycles. The molecule has 0 radical (unpaired) electrons. The molecule has 116 valence electrons. The second-order valence-corrected chi connectivity index (χ2v) is 5.43. The van der Waals surface area contributed by atoms with Crippen LogP contribution in [-0.4, -0.2) is 40.9 Å². The summed E-state index contributed by atoms with van der Waals surface area (Å²) in [6, 6.07) is 2.74. The van der Waals surface area contributed by atoms with E-state index in [0.717, 1.165) is 32.0 Å². The van der Waals surface area contributed by atoms with E-state index in [4.69, 9.17) is 0 Å². The van der Waals surface area contributed by atoms with Crippen LogP contribution >= 0.6 is 0 Å². The van der Waals surface area contributed by atoms with E-state index in [9.17, 15) is 0 Å². The third kappa shape index (κ3) is 4.82. The quantitative estimate of drug-likeness (QED) is 0.825. The van der Waals surface area contributed by atoms with Gasteiger partial charge in [0, 0.05) is 25.4 Å². The molecule has 1 aliphatic carbocycles. The normalized spacial score (nSPS) is 16.1. The molecule has 0 atom stereocenters. The van der Waals surface area contributed by atoms with Crippen LogP contribution in [-0.2, 0) is 0 Å². The van der Waals surface area contributed by atoms with E-state index < -0.39 is 0 Å². The minimum absolute atomic E-state index is 0. The average Bonchev–Trinajstić information content (AvgIpc) is 2.93. The molecule has 1 aromatic rings. The molecule has 1 aliphatic rings. The van der Waals surface area contributed by atoms with Crippen LogP contribution in [0.1, 0.15) is 59.4 Å². The summed E-state index contributed by atoms with van der Waals surface area (Å²) in [4.78, 5) is 2.42. The van der Waals surface area contributed by atoms with Gasteiger partial charge in [-0.25, -0.2) is 0 Å². The fraction of sp³-hybridized carbons (Fsp3) is 0.812. The number of hydrogen-bond acceptors (Lipinski definition) is 3. The summed E-state index contributed by atoms with van der Waals surface area (Å²) in [6.45, 7) is 8.72. The molecular formula is C16H32N4. The van der Waals surface area contributed by atoms with Crippen LogP contribution in [0.15, 0.2) is 12.3 Å². The van der Waals surface area contributed by atoms with Crippen molar-refractivity contribution in [3.05, 3.63) is 12.3 Å². The summed E-state index contributed by atoms with van der Waals surface area (Å²) < 4.78 is 2.17. The predicted octanol–water partition coefficient (Wildman–Crippen LogP) is 3.78. The second-order valence-electron chi connectivity index (χ2n) is 5.43. The number of likely N-dealkylation sites (N-methyl/N-ethyl adjacent to an activating group) is 1. The Morgan fingerprint density at radius 1 is 1.25 bits per heavy atom. The lowest BCUT2D eigenvalue weighted by molar-refractivity contribution is 0.315. The maximum Gasteiger partial charge on any atom is 0.148 e. The zero-order valence-electron chi connectivity index (χ0n) is 12.4. The van der Waals surface area contributed by atoms with Gasteiger partial charge in [-0.1, -0.05) is 40.5 Å². The van der Waals surface area contributed by atoms with Gasteiger partial charge >= 0.3 is 0 Å². The van der Waals surface area contributed by atoms with Crippen molar-refractivity contribution < 1.29 is 0 Å². The van der Waals surface area contributed by atoms with Gasteiger partial charge in [0.2, 0.25) is 0 Å². The lowest BCUT2D eigenvalue weighted by Gasteiger charge is -2.21. The maximum absolute atomic E-state index is 4.67. The molecule has 0 aromatic carbocycles. The first-order chi connectivity index (χ1) is 9.33. The van der Waals surface area contributed by atoms with Crippen molar-refractivity contribution >= 4 is 5.82 Å². The second kappa shape index (κ2) is 9.01. The molecule has 4 heteroatoms. The van der Waals surface area contributed by atoms with Crippen LogP contribution in [0, 0.1) is 0 Å². The lowest BCUT2D eigenvalue weighted by atomic mass is 9.96. The van der Waals surface area contributed by atoms with Crippen LogP contribution in [0.2, 0.25) is 0 Å². The van der Waals surface area contributed by atoms with E-state index >= 15 is 0 Å². The Morgan fingerprint density at radius 3 is 2.60 bits per heavy atom. The molecule has 1 heterocycles. The first kappa shape index (κ1) is 17.0. The summed E-state index contributed by atoms with van der Waals surface area (Å²) in [5.74, 6) is 1.03. The van der Waals surface area contributed by atoms with Crippen molar-refractivity contribution in [2.45, 2.75) is 59.4 Å². The average molecular weight is 280 g/mol. The Balaban J connectivity index is 0.00000200. The molecule has 0 unspecified atom stereocenters. The Bertz CT molecular complexity index is 351. The fourth-order valence-corrected chi connectivity index (χ4v) is 2.86. The molecule has 1 saturated carbocycles. The minimum Gasteiger partial charge on any atom is -0.367 e. The van der Waals surface area contributed by atoms with Gasteiger partial charge in [-0.3, -0.25) is 4.68 Å². The Hall–Kier alpha value is -1.03. The first-order valence-corrected chi connectivity index (χ1v) is 7.84. The molecule has 1 fully saturated rings. The predicted molar refractivity (Wildman–Crippen MR) is 87.4 cm³/mol. The van der Waals surface area contributed by atoms with Crippen LogP contribution in [0.5, 0.6) is 0 Å². The molecule has 1 N–H and O–H groups in total. The Kier molecular flexibility index (Phi) is 7.67. The van der Waals surface area contributed by atoms with Crippen LogP contribution < -0.4 is 5.32 Å². The van der Waals surface area contributed by atoms with Crippen molar-refractivity contribution in [1.29, 1.82) is 0 Å². The summed E-state index contributed by atoms with van der Waals surface area (Å²) >= 11 is 0. The number of hydrogen-bond donors (Lipinski definition) is 1. The molecule has 0 amide bonds. The van der Waals surface area contributed by atoms with Crippen molar-refractivity contribution in [2.75, 3.05) is 31.5 Å². The summed E-state index contributed by atoms with van der Waals surface area (Å²) in [6.07, 6.45) is 8.83. The lowest BCUT2D eigenvalue weighted by Crippen LogP contribution is -2.28.